The number of methoxy groups -OCH3 is 1. The van der Waals surface area contributed by atoms with Gasteiger partial charge in [-0.1, -0.05) is 31.2 Å². The maximum Gasteiger partial charge on any atom is 0.321 e. The molecule has 136 valence electrons. The van der Waals surface area contributed by atoms with E-state index in [4.69, 9.17) is 4.74 Å². The summed E-state index contributed by atoms with van der Waals surface area (Å²) in [6, 6.07) is 14.5. The zero-order valence-electron chi connectivity index (χ0n) is 15.0. The van der Waals surface area contributed by atoms with Crippen LogP contribution in [-0.2, 0) is 0 Å². The summed E-state index contributed by atoms with van der Waals surface area (Å²) in [5.74, 6) is 0.575. The van der Waals surface area contributed by atoms with Gasteiger partial charge in [-0.15, -0.1) is 0 Å². The van der Waals surface area contributed by atoms with Crippen LogP contribution in [0.15, 0.2) is 48.5 Å². The zero-order valence-corrected chi connectivity index (χ0v) is 15.0. The van der Waals surface area contributed by atoms with Crippen LogP contribution in [-0.4, -0.2) is 32.1 Å². The Balaban J connectivity index is 1.79. The first kappa shape index (κ1) is 17.8. The maximum atomic E-state index is 12.8. The lowest BCUT2D eigenvalue weighted by molar-refractivity contribution is 0.0935. The highest BCUT2D eigenvalue weighted by atomic mass is 16.5. The molecule has 0 radical (unpaired) electrons. The number of benzene rings is 2. The monoisotopic (exact) mass is 353 g/mol. The van der Waals surface area contributed by atoms with E-state index in [0.29, 0.717) is 18.7 Å². The molecule has 0 spiro atoms. The number of rotatable bonds is 6. The second-order valence-corrected chi connectivity index (χ2v) is 6.11. The van der Waals surface area contributed by atoms with Gasteiger partial charge in [-0.2, -0.15) is 0 Å². The molecule has 3 rings (SSSR count). The number of nitrogens with zero attached hydrogens (tertiary/aromatic N) is 1. The van der Waals surface area contributed by atoms with Crippen LogP contribution in [0, 0.1) is 0 Å². The van der Waals surface area contributed by atoms with Gasteiger partial charge in [0.25, 0.3) is 5.91 Å². The van der Waals surface area contributed by atoms with Gasteiger partial charge in [0.2, 0.25) is 0 Å². The van der Waals surface area contributed by atoms with Crippen molar-refractivity contribution in [3.8, 4) is 5.75 Å². The van der Waals surface area contributed by atoms with E-state index in [-0.39, 0.29) is 18.0 Å². The Morgan fingerprint density at radius 3 is 2.77 bits per heavy atom. The summed E-state index contributed by atoms with van der Waals surface area (Å²) in [6.45, 7) is 3.23. The summed E-state index contributed by atoms with van der Waals surface area (Å²) in [7, 11) is 1.62. The third-order valence-electron chi connectivity index (χ3n) is 4.50. The largest absolute Gasteiger partial charge is 0.496 e. The van der Waals surface area contributed by atoms with E-state index in [1.54, 1.807) is 30.2 Å². The molecule has 0 unspecified atom stereocenters. The van der Waals surface area contributed by atoms with Crippen molar-refractivity contribution in [2.75, 3.05) is 25.1 Å². The van der Waals surface area contributed by atoms with Crippen molar-refractivity contribution < 1.29 is 14.3 Å². The molecule has 0 saturated carbocycles. The highest BCUT2D eigenvalue weighted by Gasteiger charge is 2.22. The number of hydrogen-bond acceptors (Lipinski definition) is 3. The molecule has 1 heterocycles. The van der Waals surface area contributed by atoms with Crippen molar-refractivity contribution in [1.29, 1.82) is 0 Å². The average Bonchev–Trinajstić information content (AvgIpc) is 3.12. The van der Waals surface area contributed by atoms with Crippen LogP contribution >= 0.6 is 0 Å². The second kappa shape index (κ2) is 7.91. The van der Waals surface area contributed by atoms with Crippen molar-refractivity contribution in [3.63, 3.8) is 0 Å². The van der Waals surface area contributed by atoms with Crippen molar-refractivity contribution in [1.82, 2.24) is 10.6 Å². The summed E-state index contributed by atoms with van der Waals surface area (Å²) >= 11 is 0. The molecule has 3 amide bonds. The second-order valence-electron chi connectivity index (χ2n) is 6.11. The van der Waals surface area contributed by atoms with Crippen molar-refractivity contribution in [3.05, 3.63) is 59.7 Å². The van der Waals surface area contributed by atoms with Crippen molar-refractivity contribution in [2.24, 2.45) is 0 Å². The molecule has 1 aliphatic rings. The van der Waals surface area contributed by atoms with E-state index in [0.717, 1.165) is 23.4 Å². The molecule has 0 aromatic heterocycles. The van der Waals surface area contributed by atoms with Crippen LogP contribution in [0.2, 0.25) is 0 Å². The molecule has 2 aromatic carbocycles. The van der Waals surface area contributed by atoms with E-state index in [1.165, 1.54) is 0 Å². The lowest BCUT2D eigenvalue weighted by Crippen LogP contribution is -2.30. The quantitative estimate of drug-likeness (QED) is 0.838. The fourth-order valence-electron chi connectivity index (χ4n) is 3.13. The highest BCUT2D eigenvalue weighted by Crippen LogP contribution is 2.27. The maximum absolute atomic E-state index is 12.8. The molecule has 1 fully saturated rings. The molecule has 6 heteroatoms. The van der Waals surface area contributed by atoms with E-state index < -0.39 is 0 Å². The van der Waals surface area contributed by atoms with Gasteiger partial charge in [0, 0.05) is 29.9 Å². The van der Waals surface area contributed by atoms with Crippen LogP contribution < -0.4 is 20.3 Å². The molecule has 2 N–H and O–H groups in total. The van der Waals surface area contributed by atoms with E-state index in [2.05, 4.69) is 10.6 Å². The first-order valence-corrected chi connectivity index (χ1v) is 8.73. The third-order valence-corrected chi connectivity index (χ3v) is 4.50. The van der Waals surface area contributed by atoms with Gasteiger partial charge in [0.05, 0.1) is 13.2 Å². The van der Waals surface area contributed by atoms with Gasteiger partial charge in [-0.05, 0) is 30.7 Å². The van der Waals surface area contributed by atoms with E-state index >= 15 is 0 Å². The summed E-state index contributed by atoms with van der Waals surface area (Å²) in [4.78, 5) is 26.2. The smallest absolute Gasteiger partial charge is 0.321 e. The van der Waals surface area contributed by atoms with E-state index in [9.17, 15) is 9.59 Å². The van der Waals surface area contributed by atoms with Crippen LogP contribution in [0.3, 0.4) is 0 Å². The Morgan fingerprint density at radius 2 is 2.08 bits per heavy atom. The highest BCUT2D eigenvalue weighted by molar-refractivity contribution is 5.98. The Labute approximate surface area is 153 Å². The number of urea groups is 1. The summed E-state index contributed by atoms with van der Waals surface area (Å²) in [5, 5.41) is 5.83. The van der Waals surface area contributed by atoms with Crippen LogP contribution in [0.5, 0.6) is 5.75 Å². The zero-order chi connectivity index (χ0) is 18.5. The van der Waals surface area contributed by atoms with Crippen molar-refractivity contribution >= 4 is 17.6 Å². The standard InChI is InChI=1S/C20H23N3O3/c1-3-17(16-9-4-5-10-18(16)26-2)22-19(24)14-7-6-8-15(13-14)23-12-11-21-20(23)25/h4-10,13,17H,3,11-12H2,1-2H3,(H,21,25)(H,22,24)/t17-/m1/s1. The number of hydrogen-bond donors (Lipinski definition) is 2. The third kappa shape index (κ3) is 3.64. The fourth-order valence-corrected chi connectivity index (χ4v) is 3.13. The Kier molecular flexibility index (Phi) is 5.41. The lowest BCUT2D eigenvalue weighted by atomic mass is 10.0. The average molecular weight is 353 g/mol. The molecular weight excluding hydrogens is 330 g/mol. The number of para-hydroxylation sites is 1. The summed E-state index contributed by atoms with van der Waals surface area (Å²) in [6.07, 6.45) is 0.736. The first-order valence-electron chi connectivity index (χ1n) is 8.73. The summed E-state index contributed by atoms with van der Waals surface area (Å²) in [5.41, 5.74) is 2.19. The van der Waals surface area contributed by atoms with E-state index in [1.807, 2.05) is 37.3 Å². The topological polar surface area (TPSA) is 70.7 Å². The number of nitrogens with one attached hydrogen (secondary N) is 2. The van der Waals surface area contributed by atoms with Crippen molar-refractivity contribution in [2.45, 2.75) is 19.4 Å². The molecule has 26 heavy (non-hydrogen) atoms. The minimum atomic E-state index is -0.177. The minimum Gasteiger partial charge on any atom is -0.496 e. The first-order chi connectivity index (χ1) is 12.6. The number of amides is 3. The molecule has 0 aliphatic carbocycles. The van der Waals surface area contributed by atoms with Gasteiger partial charge in [-0.3, -0.25) is 9.69 Å². The molecule has 1 aliphatic heterocycles. The SMILES string of the molecule is CC[C@@H](NC(=O)c1cccc(N2CCNC2=O)c1)c1ccccc1OC. The van der Waals surface area contributed by atoms with Gasteiger partial charge in [0.15, 0.2) is 0 Å². The number of carbonyl (C=O) groups excluding carboxylic acids is 2. The predicted molar refractivity (Wildman–Crippen MR) is 101 cm³/mol. The number of ether oxygens (including phenoxy) is 1. The Bertz CT molecular complexity index is 806. The Hall–Kier alpha value is -3.02. The predicted octanol–water partition coefficient (Wildman–Crippen LogP) is 3.11. The van der Waals surface area contributed by atoms with Gasteiger partial charge >= 0.3 is 6.03 Å². The van der Waals surface area contributed by atoms with Crippen LogP contribution in [0.25, 0.3) is 0 Å². The minimum absolute atomic E-state index is 0.136. The van der Waals surface area contributed by atoms with Gasteiger partial charge < -0.3 is 15.4 Å². The molecule has 0 bridgehead atoms. The van der Waals surface area contributed by atoms with Gasteiger partial charge in [-0.25, -0.2) is 4.79 Å². The molecule has 2 aromatic rings. The Morgan fingerprint density at radius 1 is 1.27 bits per heavy atom. The molecule has 1 atom stereocenters. The van der Waals surface area contributed by atoms with Crippen LogP contribution in [0.4, 0.5) is 10.5 Å². The number of carbonyl (C=O) groups is 2. The molecule has 6 nitrogen and oxygen atoms in total. The molecular formula is C20H23N3O3. The lowest BCUT2D eigenvalue weighted by Gasteiger charge is -2.20. The summed E-state index contributed by atoms with van der Waals surface area (Å²) < 4.78 is 5.41. The van der Waals surface area contributed by atoms with Gasteiger partial charge in [0.1, 0.15) is 5.75 Å². The normalized spacial score (nSPS) is 14.7. The fraction of sp³-hybridized carbons (Fsp3) is 0.300. The number of anilines is 1. The molecule has 1 saturated heterocycles. The van der Waals surface area contributed by atoms with Crippen LogP contribution in [0.1, 0.15) is 35.3 Å².